The molecule has 0 fully saturated rings. The van der Waals surface area contributed by atoms with Crippen LogP contribution in [-0.4, -0.2) is 14.9 Å². The van der Waals surface area contributed by atoms with Gasteiger partial charge in [0.25, 0.3) is 0 Å². The summed E-state index contributed by atoms with van der Waals surface area (Å²) in [4.78, 5) is 14.4. The summed E-state index contributed by atoms with van der Waals surface area (Å²) in [5.74, 6) is 0. The first-order valence-corrected chi connectivity index (χ1v) is 4.04. The third-order valence-corrected chi connectivity index (χ3v) is 1.46. The van der Waals surface area contributed by atoms with Crippen LogP contribution in [0.15, 0.2) is 23.3 Å². The molecule has 10 heavy (non-hydrogen) atoms. The molecule has 1 heterocycles. The van der Waals surface area contributed by atoms with Crippen molar-refractivity contribution in [3.63, 3.8) is 0 Å². The van der Waals surface area contributed by atoms with E-state index in [0.29, 0.717) is 6.54 Å². The van der Waals surface area contributed by atoms with Crippen molar-refractivity contribution in [3.8, 4) is 0 Å². The number of rotatable bonds is 2. The molecule has 0 atom stereocenters. The molecule has 0 spiro atoms. The molecule has 0 bridgehead atoms. The molecule has 0 saturated carbocycles. The molecule has 0 saturated heterocycles. The Kier molecular flexibility index (Phi) is 2.62. The van der Waals surface area contributed by atoms with E-state index in [-0.39, 0.29) is 5.69 Å². The number of halogens is 1. The van der Waals surface area contributed by atoms with Crippen LogP contribution in [0.1, 0.15) is 0 Å². The van der Waals surface area contributed by atoms with Crippen molar-refractivity contribution in [2.24, 2.45) is 0 Å². The van der Waals surface area contributed by atoms with Gasteiger partial charge in [-0.1, -0.05) is 15.9 Å². The Bertz CT molecular complexity index is 258. The minimum atomic E-state index is -0.193. The first kappa shape index (κ1) is 7.47. The van der Waals surface area contributed by atoms with Gasteiger partial charge in [-0.15, -0.1) is 0 Å². The van der Waals surface area contributed by atoms with Gasteiger partial charge in [0.1, 0.15) is 0 Å². The summed E-state index contributed by atoms with van der Waals surface area (Å²) in [5, 5.41) is 0.776. The molecule has 0 aliphatic rings. The highest BCUT2D eigenvalue weighted by Crippen LogP contribution is 1.83. The van der Waals surface area contributed by atoms with Gasteiger partial charge in [-0.25, -0.2) is 9.78 Å². The molecule has 3 nitrogen and oxygen atoms in total. The number of aryl methyl sites for hydroxylation is 1. The maximum absolute atomic E-state index is 10.8. The second-order valence-electron chi connectivity index (χ2n) is 1.78. The summed E-state index contributed by atoms with van der Waals surface area (Å²) in [6.07, 6.45) is 3.21. The number of hydrogen-bond donors (Lipinski definition) is 0. The van der Waals surface area contributed by atoms with Gasteiger partial charge in [0.05, 0.1) is 0 Å². The van der Waals surface area contributed by atoms with Gasteiger partial charge in [0.2, 0.25) is 0 Å². The van der Waals surface area contributed by atoms with Crippen LogP contribution < -0.4 is 5.69 Å². The van der Waals surface area contributed by atoms with Crippen molar-refractivity contribution >= 4 is 15.9 Å². The number of hydrogen-bond acceptors (Lipinski definition) is 2. The van der Waals surface area contributed by atoms with E-state index in [9.17, 15) is 4.79 Å². The topological polar surface area (TPSA) is 34.9 Å². The molecule has 54 valence electrons. The molecule has 0 aromatic carbocycles. The number of nitrogens with zero attached hydrogens (tertiary/aromatic N) is 2. The monoisotopic (exact) mass is 202 g/mol. The Labute approximate surface area is 66.8 Å². The summed E-state index contributed by atoms with van der Waals surface area (Å²) in [6, 6.07) is 1.74. The quantitative estimate of drug-likeness (QED) is 0.661. The predicted molar refractivity (Wildman–Crippen MR) is 42.3 cm³/mol. The van der Waals surface area contributed by atoms with E-state index in [1.165, 1.54) is 6.20 Å². The Morgan fingerprint density at radius 3 is 3.10 bits per heavy atom. The Balaban J connectivity index is 2.92. The first-order valence-electron chi connectivity index (χ1n) is 2.92. The zero-order chi connectivity index (χ0) is 7.40. The number of alkyl halides is 1. The van der Waals surface area contributed by atoms with Crippen LogP contribution in [0.25, 0.3) is 0 Å². The van der Waals surface area contributed by atoms with Gasteiger partial charge in [-0.05, 0) is 6.07 Å². The van der Waals surface area contributed by atoms with Crippen LogP contribution in [0.2, 0.25) is 0 Å². The fourth-order valence-corrected chi connectivity index (χ4v) is 1.03. The molecule has 1 rings (SSSR count). The third-order valence-electron chi connectivity index (χ3n) is 1.11. The van der Waals surface area contributed by atoms with E-state index >= 15 is 0 Å². The molecule has 0 aliphatic heterocycles. The summed E-state index contributed by atoms with van der Waals surface area (Å²) >= 11 is 3.23. The molecule has 1 aromatic heterocycles. The van der Waals surface area contributed by atoms with E-state index in [1.54, 1.807) is 16.8 Å². The molecule has 0 N–H and O–H groups in total. The fourth-order valence-electron chi connectivity index (χ4n) is 0.648. The lowest BCUT2D eigenvalue weighted by Gasteiger charge is -1.97. The second-order valence-corrected chi connectivity index (χ2v) is 2.58. The molecule has 4 heteroatoms. The molecular formula is C6H7BrN2O. The molecule has 0 unspecified atom stereocenters. The number of aromatic nitrogens is 2. The maximum atomic E-state index is 10.8. The zero-order valence-corrected chi connectivity index (χ0v) is 6.91. The summed E-state index contributed by atoms with van der Waals surface area (Å²) in [5.41, 5.74) is -0.193. The smallest absolute Gasteiger partial charge is 0.298 e. The Morgan fingerprint density at radius 1 is 1.70 bits per heavy atom. The van der Waals surface area contributed by atoms with E-state index < -0.39 is 0 Å². The van der Waals surface area contributed by atoms with Crippen LogP contribution in [0.4, 0.5) is 0 Å². The lowest BCUT2D eigenvalue weighted by molar-refractivity contribution is 0.708. The highest BCUT2D eigenvalue weighted by Gasteiger charge is 1.90. The molecule has 0 amide bonds. The van der Waals surface area contributed by atoms with Gasteiger partial charge in [0.15, 0.2) is 0 Å². The minimum absolute atomic E-state index is 0.193. The van der Waals surface area contributed by atoms with Crippen LogP contribution in [-0.2, 0) is 6.54 Å². The van der Waals surface area contributed by atoms with E-state index in [1.807, 2.05) is 0 Å². The van der Waals surface area contributed by atoms with Gasteiger partial charge in [0, 0.05) is 24.3 Å². The van der Waals surface area contributed by atoms with Crippen LogP contribution in [0, 0.1) is 0 Å². The minimum Gasteiger partial charge on any atom is -0.298 e. The predicted octanol–water partition coefficient (Wildman–Crippen LogP) is 0.638. The molecular weight excluding hydrogens is 196 g/mol. The summed E-state index contributed by atoms with van der Waals surface area (Å²) in [7, 11) is 0. The van der Waals surface area contributed by atoms with E-state index in [0.717, 1.165) is 5.33 Å². The van der Waals surface area contributed by atoms with Crippen LogP contribution >= 0.6 is 15.9 Å². The Morgan fingerprint density at radius 2 is 2.50 bits per heavy atom. The van der Waals surface area contributed by atoms with Crippen molar-refractivity contribution in [3.05, 3.63) is 28.9 Å². The van der Waals surface area contributed by atoms with Crippen molar-refractivity contribution in [1.82, 2.24) is 9.55 Å². The maximum Gasteiger partial charge on any atom is 0.347 e. The molecule has 0 radical (unpaired) electrons. The van der Waals surface area contributed by atoms with Gasteiger partial charge in [-0.3, -0.25) is 4.57 Å². The average molecular weight is 203 g/mol. The van der Waals surface area contributed by atoms with Crippen LogP contribution in [0.5, 0.6) is 0 Å². The van der Waals surface area contributed by atoms with Gasteiger partial charge < -0.3 is 0 Å². The lowest BCUT2D eigenvalue weighted by Crippen LogP contribution is -2.21. The normalized spacial score (nSPS) is 9.70. The fraction of sp³-hybridized carbons (Fsp3) is 0.333. The summed E-state index contributed by atoms with van der Waals surface area (Å²) in [6.45, 7) is 0.673. The van der Waals surface area contributed by atoms with Crippen molar-refractivity contribution in [2.75, 3.05) is 5.33 Å². The third kappa shape index (κ3) is 1.67. The van der Waals surface area contributed by atoms with Gasteiger partial charge in [-0.2, -0.15) is 0 Å². The van der Waals surface area contributed by atoms with E-state index in [4.69, 9.17) is 0 Å². The molecule has 0 aliphatic carbocycles. The van der Waals surface area contributed by atoms with Crippen molar-refractivity contribution < 1.29 is 0 Å². The molecule has 1 aromatic rings. The van der Waals surface area contributed by atoms with E-state index in [2.05, 4.69) is 20.9 Å². The standard InChI is InChI=1S/C6H7BrN2O/c7-2-5-9-4-1-3-8-6(9)10/h1,3-4H,2,5H2. The average Bonchev–Trinajstić information content (AvgIpc) is 1.94. The van der Waals surface area contributed by atoms with Gasteiger partial charge >= 0.3 is 5.69 Å². The highest BCUT2D eigenvalue weighted by molar-refractivity contribution is 9.09. The first-order chi connectivity index (χ1) is 4.84. The highest BCUT2D eigenvalue weighted by atomic mass is 79.9. The van der Waals surface area contributed by atoms with Crippen LogP contribution in [0.3, 0.4) is 0 Å². The summed E-state index contributed by atoms with van der Waals surface area (Å²) < 4.78 is 1.55. The Hall–Kier alpha value is -0.640. The SMILES string of the molecule is O=c1ncccn1CCBr. The lowest BCUT2D eigenvalue weighted by atomic mass is 10.6. The zero-order valence-electron chi connectivity index (χ0n) is 5.33. The van der Waals surface area contributed by atoms with Crippen molar-refractivity contribution in [1.29, 1.82) is 0 Å². The second kappa shape index (κ2) is 3.51. The largest absolute Gasteiger partial charge is 0.347 e. The van der Waals surface area contributed by atoms with Crippen molar-refractivity contribution in [2.45, 2.75) is 6.54 Å².